The van der Waals surface area contributed by atoms with Crippen molar-refractivity contribution in [1.29, 1.82) is 5.26 Å². The van der Waals surface area contributed by atoms with Crippen molar-refractivity contribution < 1.29 is 9.53 Å². The number of thiocyanates is 1. The number of benzene rings is 2. The molecule has 0 bridgehead atoms. The molecule has 0 aliphatic heterocycles. The summed E-state index contributed by atoms with van der Waals surface area (Å²) in [5.41, 5.74) is 1.40. The van der Waals surface area contributed by atoms with Gasteiger partial charge in [-0.05, 0) is 55.1 Å². The number of methoxy groups -OCH3 is 1. The predicted octanol–water partition coefficient (Wildman–Crippen LogP) is 4.36. The Hall–Kier alpha value is -3.48. The molecule has 30 heavy (non-hydrogen) atoms. The molecule has 0 radical (unpaired) electrons. The molecule has 1 aromatic heterocycles. The van der Waals surface area contributed by atoms with E-state index in [1.165, 1.54) is 18.0 Å². The molecule has 10 heteroatoms. The molecule has 3 aromatic rings. The van der Waals surface area contributed by atoms with Gasteiger partial charge >= 0.3 is 6.03 Å². The quantitative estimate of drug-likeness (QED) is 0.347. The van der Waals surface area contributed by atoms with Gasteiger partial charge in [0.15, 0.2) is 0 Å². The van der Waals surface area contributed by atoms with Gasteiger partial charge in [-0.15, -0.1) is 0 Å². The van der Waals surface area contributed by atoms with Crippen molar-refractivity contribution in [2.24, 2.45) is 4.99 Å². The maximum atomic E-state index is 12.7. The van der Waals surface area contributed by atoms with Gasteiger partial charge in [-0.2, -0.15) is 5.26 Å². The van der Waals surface area contributed by atoms with Crippen molar-refractivity contribution in [2.45, 2.75) is 11.8 Å². The molecule has 3 rings (SSSR count). The Kier molecular flexibility index (Phi) is 6.61. The summed E-state index contributed by atoms with van der Waals surface area (Å²) in [7, 11) is 1.45. The summed E-state index contributed by atoms with van der Waals surface area (Å²) >= 11 is 6.97. The highest BCUT2D eigenvalue weighted by atomic mass is 35.5. The minimum absolute atomic E-state index is 0.248. The van der Waals surface area contributed by atoms with Gasteiger partial charge in [0.25, 0.3) is 5.56 Å². The van der Waals surface area contributed by atoms with Gasteiger partial charge in [0.05, 0.1) is 24.0 Å². The number of nitriles is 1. The van der Waals surface area contributed by atoms with Crippen LogP contribution in [-0.4, -0.2) is 29.1 Å². The van der Waals surface area contributed by atoms with E-state index in [0.717, 1.165) is 11.8 Å². The number of aromatic amines is 1. The molecule has 1 heterocycles. The van der Waals surface area contributed by atoms with Crippen molar-refractivity contribution in [2.75, 3.05) is 12.4 Å². The van der Waals surface area contributed by atoms with Crippen molar-refractivity contribution in [3.05, 3.63) is 69.1 Å². The summed E-state index contributed by atoms with van der Waals surface area (Å²) in [6, 6.07) is 11.1. The number of aryl methyl sites for hydroxylation is 1. The van der Waals surface area contributed by atoms with Gasteiger partial charge in [-0.25, -0.2) is 14.5 Å². The summed E-state index contributed by atoms with van der Waals surface area (Å²) in [5.74, 6) is 0.389. The zero-order chi connectivity index (χ0) is 21.7. The van der Waals surface area contributed by atoms with Gasteiger partial charge in [0, 0.05) is 21.8 Å². The first-order chi connectivity index (χ1) is 14.4. The molecule has 0 saturated carbocycles. The van der Waals surface area contributed by atoms with Crippen molar-refractivity contribution in [3.63, 3.8) is 0 Å². The largest absolute Gasteiger partial charge is 0.495 e. The van der Waals surface area contributed by atoms with Crippen LogP contribution in [0.15, 0.2) is 57.1 Å². The number of hydrogen-bond acceptors (Lipinski definition) is 5. The van der Waals surface area contributed by atoms with Gasteiger partial charge in [0.1, 0.15) is 11.2 Å². The third-order valence-corrected chi connectivity index (χ3v) is 4.89. The van der Waals surface area contributed by atoms with E-state index in [1.807, 2.05) is 5.40 Å². The second kappa shape index (κ2) is 9.35. The second-order valence-corrected chi connectivity index (χ2v) is 7.31. The number of H-pyrrole nitrogens is 1. The van der Waals surface area contributed by atoms with Gasteiger partial charge in [-0.3, -0.25) is 9.89 Å². The van der Waals surface area contributed by atoms with E-state index in [-0.39, 0.29) is 11.1 Å². The van der Waals surface area contributed by atoms with E-state index >= 15 is 0 Å². The number of nitrogens with one attached hydrogen (secondary N) is 2. The van der Waals surface area contributed by atoms with Crippen molar-refractivity contribution >= 4 is 41.3 Å². The van der Waals surface area contributed by atoms with Crippen LogP contribution in [0.5, 0.6) is 5.75 Å². The Morgan fingerprint density at radius 3 is 2.87 bits per heavy atom. The number of aromatic nitrogens is 2. The maximum Gasteiger partial charge on any atom is 0.345 e. The monoisotopic (exact) mass is 441 g/mol. The summed E-state index contributed by atoms with van der Waals surface area (Å²) < 4.78 is 6.57. The zero-order valence-electron chi connectivity index (χ0n) is 16.0. The summed E-state index contributed by atoms with van der Waals surface area (Å²) in [4.78, 5) is 29.4. The number of thioether (sulfide) groups is 1. The van der Waals surface area contributed by atoms with E-state index < -0.39 is 6.03 Å². The topological polar surface area (TPSA) is 112 Å². The van der Waals surface area contributed by atoms with Crippen molar-refractivity contribution in [3.8, 4) is 16.8 Å². The Balaban J connectivity index is 1.81. The molecule has 8 nitrogen and oxygen atoms in total. The predicted molar refractivity (Wildman–Crippen MR) is 117 cm³/mol. The number of anilines is 1. The third kappa shape index (κ3) is 4.74. The summed E-state index contributed by atoms with van der Waals surface area (Å²) in [6.45, 7) is 1.70. The first-order valence-corrected chi connectivity index (χ1v) is 9.79. The minimum Gasteiger partial charge on any atom is -0.495 e. The fourth-order valence-electron chi connectivity index (χ4n) is 2.67. The number of hydrogen-bond donors (Lipinski definition) is 2. The molecular formula is C20H16ClN5O3S. The van der Waals surface area contributed by atoms with Gasteiger partial charge < -0.3 is 10.1 Å². The number of rotatable bonds is 5. The standard InChI is InChI=1S/C20H16ClN5O3S/c1-12-16(19(27)26(25-12)14-5-3-4-13(21)8-14)10-23-20(28)24-17-7-6-15(30-11-22)9-18(17)29-2/h3-10,25H,1-2H3,(H,24,28)/b23-10+. The zero-order valence-corrected chi connectivity index (χ0v) is 17.5. The molecule has 0 saturated heterocycles. The van der Waals surface area contributed by atoms with E-state index in [0.29, 0.717) is 32.7 Å². The smallest absolute Gasteiger partial charge is 0.345 e. The first kappa shape index (κ1) is 21.2. The minimum atomic E-state index is -0.678. The lowest BCUT2D eigenvalue weighted by Gasteiger charge is -2.09. The van der Waals surface area contributed by atoms with Crippen LogP contribution in [0.2, 0.25) is 5.02 Å². The Morgan fingerprint density at radius 1 is 1.37 bits per heavy atom. The molecule has 2 aromatic carbocycles. The number of aliphatic imine (C=N–C) groups is 1. The fourth-order valence-corrected chi connectivity index (χ4v) is 3.26. The molecule has 0 atom stereocenters. The van der Waals surface area contributed by atoms with Crippen LogP contribution in [0.3, 0.4) is 0 Å². The summed E-state index contributed by atoms with van der Waals surface area (Å²) in [5, 5.41) is 16.8. The third-order valence-electron chi connectivity index (χ3n) is 4.07. The second-order valence-electron chi connectivity index (χ2n) is 6.01. The fraction of sp³-hybridized carbons (Fsp3) is 0.100. The van der Waals surface area contributed by atoms with E-state index in [2.05, 4.69) is 15.4 Å². The lowest BCUT2D eigenvalue weighted by molar-refractivity contribution is 0.259. The molecule has 2 N–H and O–H groups in total. The normalized spacial score (nSPS) is 10.7. The number of halogens is 1. The number of urea groups is 1. The Morgan fingerprint density at radius 2 is 2.17 bits per heavy atom. The van der Waals surface area contributed by atoms with Crippen LogP contribution >= 0.6 is 23.4 Å². The lowest BCUT2D eigenvalue weighted by atomic mass is 10.3. The highest BCUT2D eigenvalue weighted by molar-refractivity contribution is 8.03. The van der Waals surface area contributed by atoms with Crippen LogP contribution in [0.4, 0.5) is 10.5 Å². The highest BCUT2D eigenvalue weighted by Crippen LogP contribution is 2.30. The average molecular weight is 442 g/mol. The van der Waals surface area contributed by atoms with Crippen LogP contribution in [-0.2, 0) is 0 Å². The molecule has 0 fully saturated rings. The van der Waals surface area contributed by atoms with Crippen LogP contribution in [0.1, 0.15) is 11.3 Å². The first-order valence-electron chi connectivity index (χ1n) is 8.59. The van der Waals surface area contributed by atoms with E-state index in [4.69, 9.17) is 21.6 Å². The number of nitrogens with zero attached hydrogens (tertiary/aromatic N) is 3. The molecule has 0 spiro atoms. The molecule has 2 amide bonds. The Bertz CT molecular complexity index is 1230. The van der Waals surface area contributed by atoms with E-state index in [9.17, 15) is 9.59 Å². The van der Waals surface area contributed by atoms with Crippen LogP contribution in [0, 0.1) is 17.6 Å². The molecule has 0 aliphatic rings. The van der Waals surface area contributed by atoms with E-state index in [1.54, 1.807) is 49.4 Å². The number of carbonyl (C=O) groups is 1. The summed E-state index contributed by atoms with van der Waals surface area (Å²) in [6.07, 6.45) is 1.21. The number of ether oxygens (including phenoxy) is 1. The number of amides is 2. The Labute approximate surface area is 181 Å². The van der Waals surface area contributed by atoms with Crippen molar-refractivity contribution in [1.82, 2.24) is 9.78 Å². The highest BCUT2D eigenvalue weighted by Gasteiger charge is 2.12. The van der Waals surface area contributed by atoms with Gasteiger partial charge in [-0.1, -0.05) is 17.7 Å². The SMILES string of the molecule is COc1cc(SC#N)ccc1NC(=O)/N=C/c1c(C)[nH]n(-c2cccc(Cl)c2)c1=O. The number of carbonyl (C=O) groups excluding carboxylic acids is 1. The molecule has 0 aliphatic carbocycles. The maximum absolute atomic E-state index is 12.7. The molecular weight excluding hydrogens is 426 g/mol. The van der Waals surface area contributed by atoms with Gasteiger partial charge in [0.2, 0.25) is 0 Å². The van der Waals surface area contributed by atoms with Crippen LogP contribution in [0.25, 0.3) is 5.69 Å². The molecule has 152 valence electrons. The lowest BCUT2D eigenvalue weighted by Crippen LogP contribution is -2.17. The molecule has 0 unspecified atom stereocenters. The van der Waals surface area contributed by atoms with Crippen LogP contribution < -0.4 is 15.6 Å². The average Bonchev–Trinajstić information content (AvgIpc) is 3.01.